The molecule has 1 spiro atoms. The molecule has 1 fully saturated rings. The van der Waals surface area contributed by atoms with Crippen LogP contribution in [-0.2, 0) is 6.42 Å². The number of nitrogens with zero attached hydrogens (tertiary/aromatic N) is 3. The van der Waals surface area contributed by atoms with Gasteiger partial charge in [-0.15, -0.1) is 11.3 Å². The summed E-state index contributed by atoms with van der Waals surface area (Å²) in [6.45, 7) is 5.54. The van der Waals surface area contributed by atoms with Crippen LogP contribution < -0.4 is 4.74 Å². The second-order valence-electron chi connectivity index (χ2n) is 5.99. The number of likely N-dealkylation sites (tertiary alicyclic amines) is 1. The molecular formula is C16H19N3OS. The average molecular weight is 301 g/mol. The number of hydrogen-bond acceptors (Lipinski definition) is 5. The van der Waals surface area contributed by atoms with Gasteiger partial charge in [0.05, 0.1) is 10.4 Å². The number of aromatic nitrogens is 2. The van der Waals surface area contributed by atoms with E-state index < -0.39 is 0 Å². The van der Waals surface area contributed by atoms with Gasteiger partial charge in [0.15, 0.2) is 0 Å². The zero-order valence-electron chi connectivity index (χ0n) is 12.2. The fourth-order valence-electron chi connectivity index (χ4n) is 3.49. The molecule has 0 bridgehead atoms. The SMILES string of the molecule is CCN1CCC[C@]2(Cc3cc(-c4cncs4)cnc3O2)C1. The lowest BCUT2D eigenvalue weighted by atomic mass is 9.88. The van der Waals surface area contributed by atoms with E-state index in [4.69, 9.17) is 4.74 Å². The van der Waals surface area contributed by atoms with Crippen LogP contribution in [0.3, 0.4) is 0 Å². The molecule has 2 aromatic rings. The molecule has 1 atom stereocenters. The van der Waals surface area contributed by atoms with Crippen LogP contribution in [0, 0.1) is 0 Å². The third kappa shape index (κ3) is 2.34. The molecule has 2 aromatic heterocycles. The number of rotatable bonds is 2. The number of ether oxygens (including phenoxy) is 1. The molecule has 0 unspecified atom stereocenters. The number of thiazole rings is 1. The second kappa shape index (κ2) is 5.07. The molecule has 0 radical (unpaired) electrons. The van der Waals surface area contributed by atoms with Crippen molar-refractivity contribution in [3.8, 4) is 16.3 Å². The van der Waals surface area contributed by atoms with Crippen molar-refractivity contribution >= 4 is 11.3 Å². The minimum Gasteiger partial charge on any atom is -0.469 e. The van der Waals surface area contributed by atoms with E-state index in [1.807, 2.05) is 17.9 Å². The van der Waals surface area contributed by atoms with Gasteiger partial charge in [-0.3, -0.25) is 9.88 Å². The van der Waals surface area contributed by atoms with Crippen LogP contribution in [0.5, 0.6) is 5.88 Å². The van der Waals surface area contributed by atoms with Gasteiger partial charge in [-0.05, 0) is 32.0 Å². The van der Waals surface area contributed by atoms with Gasteiger partial charge in [0, 0.05) is 36.5 Å². The van der Waals surface area contributed by atoms with Gasteiger partial charge in [-0.1, -0.05) is 6.92 Å². The summed E-state index contributed by atoms with van der Waals surface area (Å²) in [5.41, 5.74) is 4.22. The molecule has 0 aromatic carbocycles. The van der Waals surface area contributed by atoms with E-state index in [0.717, 1.165) is 37.4 Å². The number of hydrogen-bond donors (Lipinski definition) is 0. The Morgan fingerprint density at radius 3 is 3.19 bits per heavy atom. The normalized spacial score (nSPS) is 25.0. The number of pyridine rings is 1. The zero-order valence-corrected chi connectivity index (χ0v) is 13.0. The Morgan fingerprint density at radius 2 is 2.38 bits per heavy atom. The van der Waals surface area contributed by atoms with Crippen LogP contribution in [0.4, 0.5) is 0 Å². The molecule has 4 nitrogen and oxygen atoms in total. The standard InChI is InChI=1S/C16H19N3OS/c1-2-19-5-3-4-16(10-19)7-12-6-13(8-18-15(12)20-16)14-9-17-11-21-14/h6,8-9,11H,2-5,7,10H2,1H3/t16-/m0/s1. The first-order chi connectivity index (χ1) is 10.3. The van der Waals surface area contributed by atoms with Crippen LogP contribution in [-0.4, -0.2) is 40.1 Å². The van der Waals surface area contributed by atoms with Crippen molar-refractivity contribution in [2.75, 3.05) is 19.6 Å². The van der Waals surface area contributed by atoms with Crippen molar-refractivity contribution in [2.45, 2.75) is 31.8 Å². The number of fused-ring (bicyclic) bond motifs is 1. The largest absolute Gasteiger partial charge is 0.469 e. The summed E-state index contributed by atoms with van der Waals surface area (Å²) in [6.07, 6.45) is 7.14. The highest BCUT2D eigenvalue weighted by molar-refractivity contribution is 7.13. The van der Waals surface area contributed by atoms with Gasteiger partial charge in [-0.2, -0.15) is 0 Å². The molecule has 1 saturated heterocycles. The lowest BCUT2D eigenvalue weighted by Crippen LogP contribution is -2.51. The maximum atomic E-state index is 6.27. The van der Waals surface area contributed by atoms with Crippen molar-refractivity contribution in [3.05, 3.63) is 29.5 Å². The molecule has 4 rings (SSSR count). The van der Waals surface area contributed by atoms with E-state index in [1.165, 1.54) is 23.4 Å². The molecule has 0 aliphatic carbocycles. The van der Waals surface area contributed by atoms with E-state index in [1.54, 1.807) is 11.3 Å². The Labute approximate surface area is 128 Å². The number of piperidine rings is 1. The van der Waals surface area contributed by atoms with Crippen LogP contribution in [0.1, 0.15) is 25.3 Å². The summed E-state index contributed by atoms with van der Waals surface area (Å²) in [7, 11) is 0. The van der Waals surface area contributed by atoms with Gasteiger partial charge in [-0.25, -0.2) is 4.98 Å². The Balaban J connectivity index is 1.62. The van der Waals surface area contributed by atoms with E-state index in [0.29, 0.717) is 0 Å². The molecule has 5 heteroatoms. The zero-order chi connectivity index (χ0) is 14.3. The summed E-state index contributed by atoms with van der Waals surface area (Å²) in [4.78, 5) is 12.4. The predicted molar refractivity (Wildman–Crippen MR) is 83.8 cm³/mol. The molecule has 110 valence electrons. The van der Waals surface area contributed by atoms with Gasteiger partial charge in [0.2, 0.25) is 5.88 Å². The first-order valence-electron chi connectivity index (χ1n) is 7.57. The molecule has 2 aliphatic rings. The minimum atomic E-state index is -0.0457. The molecular weight excluding hydrogens is 282 g/mol. The molecule has 4 heterocycles. The second-order valence-corrected chi connectivity index (χ2v) is 6.87. The van der Waals surface area contributed by atoms with Crippen molar-refractivity contribution in [2.24, 2.45) is 0 Å². The van der Waals surface area contributed by atoms with Crippen molar-refractivity contribution in [3.63, 3.8) is 0 Å². The molecule has 0 saturated carbocycles. The monoisotopic (exact) mass is 301 g/mol. The maximum absolute atomic E-state index is 6.27. The molecule has 21 heavy (non-hydrogen) atoms. The Morgan fingerprint density at radius 1 is 1.43 bits per heavy atom. The van der Waals surface area contributed by atoms with Crippen LogP contribution in [0.25, 0.3) is 10.4 Å². The summed E-state index contributed by atoms with van der Waals surface area (Å²) in [5, 5.41) is 0. The van der Waals surface area contributed by atoms with Gasteiger partial charge in [0.1, 0.15) is 5.60 Å². The van der Waals surface area contributed by atoms with Crippen LogP contribution >= 0.6 is 11.3 Å². The fraction of sp³-hybridized carbons (Fsp3) is 0.500. The topological polar surface area (TPSA) is 38.2 Å². The Hall–Kier alpha value is -1.46. The molecule has 0 amide bonds. The first kappa shape index (κ1) is 13.2. The third-order valence-electron chi connectivity index (χ3n) is 4.53. The summed E-state index contributed by atoms with van der Waals surface area (Å²) >= 11 is 1.65. The van der Waals surface area contributed by atoms with Crippen molar-refractivity contribution < 1.29 is 4.74 Å². The van der Waals surface area contributed by atoms with Crippen molar-refractivity contribution in [1.82, 2.24) is 14.9 Å². The average Bonchev–Trinajstić information content (AvgIpc) is 3.13. The Kier molecular flexibility index (Phi) is 3.19. The first-order valence-corrected chi connectivity index (χ1v) is 8.45. The third-order valence-corrected chi connectivity index (χ3v) is 5.36. The number of likely N-dealkylation sites (N-methyl/N-ethyl adjacent to an activating group) is 1. The minimum absolute atomic E-state index is 0.0457. The van der Waals surface area contributed by atoms with Crippen LogP contribution in [0.15, 0.2) is 24.0 Å². The van der Waals surface area contributed by atoms with Gasteiger partial charge < -0.3 is 4.74 Å². The van der Waals surface area contributed by atoms with Gasteiger partial charge in [0.25, 0.3) is 0 Å². The van der Waals surface area contributed by atoms with E-state index in [9.17, 15) is 0 Å². The molecule has 2 aliphatic heterocycles. The quantitative estimate of drug-likeness (QED) is 0.854. The lowest BCUT2D eigenvalue weighted by molar-refractivity contribution is 0.00781. The van der Waals surface area contributed by atoms with E-state index >= 15 is 0 Å². The highest BCUT2D eigenvalue weighted by atomic mass is 32.1. The maximum Gasteiger partial charge on any atom is 0.217 e. The van der Waals surface area contributed by atoms with E-state index in [2.05, 4.69) is 27.9 Å². The predicted octanol–water partition coefficient (Wildman–Crippen LogP) is 2.99. The lowest BCUT2D eigenvalue weighted by Gasteiger charge is -2.38. The van der Waals surface area contributed by atoms with Gasteiger partial charge >= 0.3 is 0 Å². The molecule has 0 N–H and O–H groups in total. The Bertz CT molecular complexity index is 643. The van der Waals surface area contributed by atoms with Crippen LogP contribution in [0.2, 0.25) is 0 Å². The smallest absolute Gasteiger partial charge is 0.217 e. The highest BCUT2D eigenvalue weighted by Gasteiger charge is 2.43. The summed E-state index contributed by atoms with van der Waals surface area (Å²) in [6, 6.07) is 2.23. The fourth-order valence-corrected chi connectivity index (χ4v) is 4.09. The van der Waals surface area contributed by atoms with E-state index in [-0.39, 0.29) is 5.60 Å². The summed E-state index contributed by atoms with van der Waals surface area (Å²) in [5.74, 6) is 0.834. The van der Waals surface area contributed by atoms with Crippen molar-refractivity contribution in [1.29, 1.82) is 0 Å². The summed E-state index contributed by atoms with van der Waals surface area (Å²) < 4.78 is 6.27. The highest BCUT2D eigenvalue weighted by Crippen LogP contribution is 2.40.